The van der Waals surface area contributed by atoms with E-state index in [2.05, 4.69) is 15.9 Å². The number of carbonyl (C=O) groups is 1. The number of aliphatic hydroxyl groups is 1. The van der Waals surface area contributed by atoms with Gasteiger partial charge in [-0.1, -0.05) is 0 Å². The maximum atomic E-state index is 10.8. The highest BCUT2D eigenvalue weighted by molar-refractivity contribution is 9.10. The molecule has 7 heteroatoms. The van der Waals surface area contributed by atoms with Gasteiger partial charge in [0.2, 0.25) is 0 Å². The standard InChI is InChI=1S/C14H19BrO6/c1-9(6-19-2)20-7-11(16)8-21-13-4-3-10(14(17)18)5-12(13)15/h3-5,9,11,16H,6-8H2,1-2H3,(H,17,18). The number of carboxylic acids is 1. The first-order valence-corrected chi connectivity index (χ1v) is 7.17. The number of aromatic carboxylic acids is 1. The fraction of sp³-hybridized carbons (Fsp3) is 0.500. The van der Waals surface area contributed by atoms with Gasteiger partial charge >= 0.3 is 5.97 Å². The first-order valence-electron chi connectivity index (χ1n) is 6.38. The Morgan fingerprint density at radius 3 is 2.62 bits per heavy atom. The van der Waals surface area contributed by atoms with Crippen LogP contribution in [0.15, 0.2) is 22.7 Å². The lowest BCUT2D eigenvalue weighted by Crippen LogP contribution is -2.27. The van der Waals surface area contributed by atoms with Crippen LogP contribution in [0.4, 0.5) is 0 Å². The van der Waals surface area contributed by atoms with Crippen LogP contribution in [0.1, 0.15) is 17.3 Å². The molecule has 0 heterocycles. The van der Waals surface area contributed by atoms with Crippen LogP contribution in [0.2, 0.25) is 0 Å². The number of carboxylic acid groups (broad SMARTS) is 1. The van der Waals surface area contributed by atoms with Gasteiger partial charge in [-0.15, -0.1) is 0 Å². The van der Waals surface area contributed by atoms with E-state index >= 15 is 0 Å². The third-order valence-corrected chi connectivity index (χ3v) is 3.20. The zero-order valence-electron chi connectivity index (χ0n) is 11.9. The van der Waals surface area contributed by atoms with E-state index in [9.17, 15) is 9.90 Å². The molecule has 0 saturated carbocycles. The molecule has 0 fully saturated rings. The molecule has 0 aromatic heterocycles. The van der Waals surface area contributed by atoms with Gasteiger partial charge in [-0.3, -0.25) is 0 Å². The average molecular weight is 363 g/mol. The highest BCUT2D eigenvalue weighted by Gasteiger charge is 2.11. The molecule has 0 aliphatic heterocycles. The molecule has 0 aliphatic rings. The average Bonchev–Trinajstić information content (AvgIpc) is 2.44. The van der Waals surface area contributed by atoms with Crippen LogP contribution in [0.3, 0.4) is 0 Å². The van der Waals surface area contributed by atoms with Gasteiger partial charge in [0, 0.05) is 7.11 Å². The molecule has 1 aromatic carbocycles. The fourth-order valence-electron chi connectivity index (χ4n) is 1.54. The summed E-state index contributed by atoms with van der Waals surface area (Å²) < 4.78 is 16.2. The van der Waals surface area contributed by atoms with Crippen LogP contribution >= 0.6 is 15.9 Å². The third-order valence-electron chi connectivity index (χ3n) is 2.58. The Morgan fingerprint density at radius 1 is 1.33 bits per heavy atom. The molecule has 2 N–H and O–H groups in total. The van der Waals surface area contributed by atoms with E-state index in [0.29, 0.717) is 16.8 Å². The van der Waals surface area contributed by atoms with Crippen molar-refractivity contribution in [2.75, 3.05) is 26.9 Å². The van der Waals surface area contributed by atoms with Gasteiger partial charge in [0.05, 0.1) is 29.4 Å². The van der Waals surface area contributed by atoms with E-state index < -0.39 is 12.1 Å². The summed E-state index contributed by atoms with van der Waals surface area (Å²) in [4.78, 5) is 10.8. The van der Waals surface area contributed by atoms with Crippen LogP contribution in [-0.4, -0.2) is 55.3 Å². The van der Waals surface area contributed by atoms with Crippen LogP contribution in [0, 0.1) is 0 Å². The number of halogens is 1. The molecule has 0 bridgehead atoms. The second-order valence-corrected chi connectivity index (χ2v) is 5.37. The predicted molar refractivity (Wildman–Crippen MR) is 79.9 cm³/mol. The number of benzene rings is 1. The fourth-order valence-corrected chi connectivity index (χ4v) is 2.04. The Balaban J connectivity index is 2.42. The molecule has 0 aliphatic carbocycles. The Morgan fingerprint density at radius 2 is 2.05 bits per heavy atom. The lowest BCUT2D eigenvalue weighted by Gasteiger charge is -2.17. The Bertz CT molecular complexity index is 465. The van der Waals surface area contributed by atoms with Gasteiger partial charge in [0.1, 0.15) is 18.5 Å². The number of rotatable bonds is 9. The number of aliphatic hydroxyl groups excluding tert-OH is 1. The molecule has 21 heavy (non-hydrogen) atoms. The number of hydrogen-bond donors (Lipinski definition) is 2. The minimum Gasteiger partial charge on any atom is -0.490 e. The molecule has 1 rings (SSSR count). The molecule has 0 radical (unpaired) electrons. The summed E-state index contributed by atoms with van der Waals surface area (Å²) in [5, 5.41) is 18.6. The molecule has 1 aromatic rings. The summed E-state index contributed by atoms with van der Waals surface area (Å²) in [6.07, 6.45) is -0.887. The first kappa shape index (κ1) is 17.9. The highest BCUT2D eigenvalue weighted by atomic mass is 79.9. The molecule has 2 unspecified atom stereocenters. The van der Waals surface area contributed by atoms with Crippen molar-refractivity contribution in [1.82, 2.24) is 0 Å². The SMILES string of the molecule is COCC(C)OCC(O)COc1ccc(C(=O)O)cc1Br. The predicted octanol–water partition coefficient (Wildman–Crippen LogP) is 1.94. The molecule has 0 spiro atoms. The summed E-state index contributed by atoms with van der Waals surface area (Å²) in [5.74, 6) is -0.549. The van der Waals surface area contributed by atoms with Gasteiger partial charge in [-0.2, -0.15) is 0 Å². The second-order valence-electron chi connectivity index (χ2n) is 4.51. The maximum absolute atomic E-state index is 10.8. The van der Waals surface area contributed by atoms with E-state index in [4.69, 9.17) is 19.3 Å². The lowest BCUT2D eigenvalue weighted by atomic mass is 10.2. The minimum atomic E-state index is -1.01. The summed E-state index contributed by atoms with van der Waals surface area (Å²) in [7, 11) is 1.58. The molecular weight excluding hydrogens is 344 g/mol. The van der Waals surface area contributed by atoms with E-state index in [1.165, 1.54) is 18.2 Å². The van der Waals surface area contributed by atoms with Gasteiger partial charge in [-0.25, -0.2) is 4.79 Å². The molecule has 0 amide bonds. The first-order chi connectivity index (χ1) is 9.93. The Hall–Kier alpha value is -1.15. The normalized spacial score (nSPS) is 13.7. The topological polar surface area (TPSA) is 85.2 Å². The molecule has 6 nitrogen and oxygen atoms in total. The molecular formula is C14H19BrO6. The second kappa shape index (κ2) is 8.99. The van der Waals surface area contributed by atoms with Gasteiger partial charge < -0.3 is 24.4 Å². The third kappa shape index (κ3) is 6.43. The lowest BCUT2D eigenvalue weighted by molar-refractivity contribution is -0.0423. The molecule has 118 valence electrons. The minimum absolute atomic E-state index is 0.0463. The number of ether oxygens (including phenoxy) is 3. The quantitative estimate of drug-likeness (QED) is 0.698. The Labute approximate surface area is 131 Å². The zero-order chi connectivity index (χ0) is 15.8. The van der Waals surface area contributed by atoms with Crippen LogP contribution in [0.5, 0.6) is 5.75 Å². The van der Waals surface area contributed by atoms with Gasteiger partial charge in [0.15, 0.2) is 0 Å². The van der Waals surface area contributed by atoms with Crippen molar-refractivity contribution in [2.45, 2.75) is 19.1 Å². The van der Waals surface area contributed by atoms with E-state index in [1.807, 2.05) is 6.92 Å². The van der Waals surface area contributed by atoms with Crippen LogP contribution in [-0.2, 0) is 9.47 Å². The van der Waals surface area contributed by atoms with Crippen molar-refractivity contribution >= 4 is 21.9 Å². The van der Waals surface area contributed by atoms with E-state index in [-0.39, 0.29) is 24.9 Å². The number of methoxy groups -OCH3 is 1. The van der Waals surface area contributed by atoms with Crippen LogP contribution < -0.4 is 4.74 Å². The van der Waals surface area contributed by atoms with Crippen molar-refractivity contribution in [3.8, 4) is 5.75 Å². The van der Waals surface area contributed by atoms with Crippen molar-refractivity contribution in [3.05, 3.63) is 28.2 Å². The molecule has 2 atom stereocenters. The molecule has 0 saturated heterocycles. The van der Waals surface area contributed by atoms with Gasteiger partial charge in [-0.05, 0) is 41.1 Å². The number of hydrogen-bond acceptors (Lipinski definition) is 5. The smallest absolute Gasteiger partial charge is 0.335 e. The van der Waals surface area contributed by atoms with Crippen LogP contribution in [0.25, 0.3) is 0 Å². The maximum Gasteiger partial charge on any atom is 0.335 e. The van der Waals surface area contributed by atoms with Crippen molar-refractivity contribution in [1.29, 1.82) is 0 Å². The zero-order valence-corrected chi connectivity index (χ0v) is 13.5. The van der Waals surface area contributed by atoms with Crippen molar-refractivity contribution in [2.24, 2.45) is 0 Å². The van der Waals surface area contributed by atoms with Gasteiger partial charge in [0.25, 0.3) is 0 Å². The summed E-state index contributed by atoms with van der Waals surface area (Å²) >= 11 is 3.23. The Kier molecular flexibility index (Phi) is 7.66. The van der Waals surface area contributed by atoms with Crippen molar-refractivity contribution in [3.63, 3.8) is 0 Å². The summed E-state index contributed by atoms with van der Waals surface area (Å²) in [5.41, 5.74) is 0.159. The van der Waals surface area contributed by atoms with Crippen molar-refractivity contribution < 1.29 is 29.2 Å². The highest BCUT2D eigenvalue weighted by Crippen LogP contribution is 2.26. The summed E-state index contributed by atoms with van der Waals surface area (Å²) in [6.45, 7) is 2.48. The monoisotopic (exact) mass is 362 g/mol. The summed E-state index contributed by atoms with van der Waals surface area (Å²) in [6, 6.07) is 4.42. The largest absolute Gasteiger partial charge is 0.490 e. The van der Waals surface area contributed by atoms with E-state index in [1.54, 1.807) is 7.11 Å². The van der Waals surface area contributed by atoms with E-state index in [0.717, 1.165) is 0 Å².